The summed E-state index contributed by atoms with van der Waals surface area (Å²) in [6.07, 6.45) is 1.23. The van der Waals surface area contributed by atoms with Gasteiger partial charge in [-0.05, 0) is 53.2 Å². The average molecular weight is 506 g/mol. The van der Waals surface area contributed by atoms with Crippen LogP contribution in [0.25, 0.3) is 11.4 Å². The fourth-order valence-electron chi connectivity index (χ4n) is 3.29. The molecule has 0 radical (unpaired) electrons. The molecule has 0 unspecified atom stereocenters. The molecule has 0 fully saturated rings. The molecule has 3 N–H and O–H groups in total. The fourth-order valence-corrected chi connectivity index (χ4v) is 5.22. The van der Waals surface area contributed by atoms with Gasteiger partial charge in [0.25, 0.3) is 5.91 Å². The Kier molecular flexibility index (Phi) is 7.82. The van der Waals surface area contributed by atoms with Crippen molar-refractivity contribution in [1.29, 1.82) is 0 Å². The van der Waals surface area contributed by atoms with Crippen LogP contribution in [0, 0.1) is 13.8 Å². The quantitative estimate of drug-likeness (QED) is 0.325. The molecule has 2 amide bonds. The van der Waals surface area contributed by atoms with Gasteiger partial charge in [0.15, 0.2) is 11.0 Å². The highest BCUT2D eigenvalue weighted by molar-refractivity contribution is 7.99. The first-order valence-corrected chi connectivity index (χ1v) is 12.4. The Morgan fingerprint density at radius 1 is 1.24 bits per heavy atom. The number of primary amides is 1. The molecule has 3 rings (SSSR count). The van der Waals surface area contributed by atoms with E-state index in [0.717, 1.165) is 22.7 Å². The van der Waals surface area contributed by atoms with Gasteiger partial charge in [0, 0.05) is 6.04 Å². The van der Waals surface area contributed by atoms with Crippen molar-refractivity contribution in [3.63, 3.8) is 0 Å². The molecule has 34 heavy (non-hydrogen) atoms. The zero-order valence-corrected chi connectivity index (χ0v) is 21.4. The number of hydrogen-bond acceptors (Lipinski definition) is 9. The van der Waals surface area contributed by atoms with Gasteiger partial charge in [-0.1, -0.05) is 11.8 Å². The van der Waals surface area contributed by atoms with Crippen molar-refractivity contribution in [2.75, 3.05) is 11.1 Å². The number of ether oxygens (including phenoxy) is 1. The maximum atomic E-state index is 12.8. The molecule has 0 saturated heterocycles. The molecule has 0 atom stereocenters. The Morgan fingerprint density at radius 2 is 1.94 bits per heavy atom. The first-order chi connectivity index (χ1) is 16.0. The Balaban J connectivity index is 1.80. The lowest BCUT2D eigenvalue weighted by Crippen LogP contribution is -2.18. The van der Waals surface area contributed by atoms with E-state index in [1.165, 1.54) is 11.8 Å². The second-order valence-electron chi connectivity index (χ2n) is 8.08. The highest BCUT2D eigenvalue weighted by Gasteiger charge is 2.27. The standard InChI is InChI=1S/C22H27N5O5S2/c1-10(2)27-19(14-7-8-31-13(14)6)25-26-22(27)33-9-15(28)24-20-16(21(30)32-11(3)4)12(5)17(34-20)18(23)29/h7-8,10-11H,9H2,1-6H3,(H2,23,29)(H,24,28). The van der Waals surface area contributed by atoms with Gasteiger partial charge in [-0.15, -0.1) is 21.5 Å². The molecule has 0 spiro atoms. The zero-order chi connectivity index (χ0) is 25.2. The number of aromatic nitrogens is 3. The van der Waals surface area contributed by atoms with Crippen molar-refractivity contribution in [3.8, 4) is 11.4 Å². The van der Waals surface area contributed by atoms with Crippen molar-refractivity contribution in [2.45, 2.75) is 58.8 Å². The van der Waals surface area contributed by atoms with E-state index in [2.05, 4.69) is 15.5 Å². The molecule has 0 aliphatic rings. The van der Waals surface area contributed by atoms with Gasteiger partial charge in [-0.25, -0.2) is 4.79 Å². The summed E-state index contributed by atoms with van der Waals surface area (Å²) in [5, 5.41) is 12.1. The molecular weight excluding hydrogens is 478 g/mol. The molecule has 0 bridgehead atoms. The highest BCUT2D eigenvalue weighted by atomic mass is 32.2. The molecule has 0 aliphatic heterocycles. The summed E-state index contributed by atoms with van der Waals surface area (Å²) in [7, 11) is 0. The highest BCUT2D eigenvalue weighted by Crippen LogP contribution is 2.34. The number of esters is 1. The second-order valence-corrected chi connectivity index (χ2v) is 10.0. The zero-order valence-electron chi connectivity index (χ0n) is 19.8. The van der Waals surface area contributed by atoms with Gasteiger partial charge in [0.2, 0.25) is 5.91 Å². The van der Waals surface area contributed by atoms with Crippen molar-refractivity contribution >= 4 is 45.9 Å². The van der Waals surface area contributed by atoms with Crippen molar-refractivity contribution in [2.24, 2.45) is 5.73 Å². The number of nitrogens with one attached hydrogen (secondary N) is 1. The van der Waals surface area contributed by atoms with Crippen LogP contribution in [-0.4, -0.2) is 44.4 Å². The first kappa shape index (κ1) is 25.5. The summed E-state index contributed by atoms with van der Waals surface area (Å²) in [4.78, 5) is 37.4. The minimum absolute atomic E-state index is 0.0107. The molecule has 0 aliphatic carbocycles. The number of hydrogen-bond donors (Lipinski definition) is 2. The maximum absolute atomic E-state index is 12.8. The number of rotatable bonds is 9. The lowest BCUT2D eigenvalue weighted by atomic mass is 10.1. The topological polar surface area (TPSA) is 142 Å². The normalized spacial score (nSPS) is 11.3. The van der Waals surface area contributed by atoms with Gasteiger partial charge in [-0.3, -0.25) is 14.2 Å². The van der Waals surface area contributed by atoms with Crippen molar-refractivity contribution in [1.82, 2.24) is 14.8 Å². The van der Waals surface area contributed by atoms with E-state index in [9.17, 15) is 14.4 Å². The molecule has 10 nitrogen and oxygen atoms in total. The van der Waals surface area contributed by atoms with E-state index in [4.69, 9.17) is 14.9 Å². The van der Waals surface area contributed by atoms with Gasteiger partial charge >= 0.3 is 5.97 Å². The van der Waals surface area contributed by atoms with E-state index >= 15 is 0 Å². The largest absolute Gasteiger partial charge is 0.469 e. The Labute approximate surface area is 205 Å². The van der Waals surface area contributed by atoms with Gasteiger partial charge in [-0.2, -0.15) is 0 Å². The number of furan rings is 1. The summed E-state index contributed by atoms with van der Waals surface area (Å²) < 4.78 is 12.6. The lowest BCUT2D eigenvalue weighted by Gasteiger charge is -2.13. The summed E-state index contributed by atoms with van der Waals surface area (Å²) in [6, 6.07) is 1.87. The van der Waals surface area contributed by atoms with Crippen molar-refractivity contribution < 1.29 is 23.5 Å². The lowest BCUT2D eigenvalue weighted by molar-refractivity contribution is -0.113. The van der Waals surface area contributed by atoms with E-state index in [-0.39, 0.29) is 39.2 Å². The minimum Gasteiger partial charge on any atom is -0.469 e. The second kappa shape index (κ2) is 10.4. The number of carbonyl (C=O) groups is 3. The van der Waals surface area contributed by atoms with Gasteiger partial charge < -0.3 is 20.2 Å². The SMILES string of the molecule is Cc1occc1-c1nnc(SCC(=O)Nc2sc(C(N)=O)c(C)c2C(=O)OC(C)C)n1C(C)C. The van der Waals surface area contributed by atoms with Crippen molar-refractivity contribution in [3.05, 3.63) is 34.1 Å². The number of aryl methyl sites for hydroxylation is 1. The van der Waals surface area contributed by atoms with Crippen LogP contribution in [-0.2, 0) is 9.53 Å². The predicted octanol–water partition coefficient (Wildman–Crippen LogP) is 4.19. The van der Waals surface area contributed by atoms with E-state index < -0.39 is 11.9 Å². The maximum Gasteiger partial charge on any atom is 0.341 e. The first-order valence-electron chi connectivity index (χ1n) is 10.6. The number of amides is 2. The van der Waals surface area contributed by atoms with Crippen LogP contribution < -0.4 is 11.1 Å². The van der Waals surface area contributed by atoms with E-state index in [0.29, 0.717) is 16.5 Å². The molecule has 3 aromatic heterocycles. The smallest absolute Gasteiger partial charge is 0.341 e. The van der Waals surface area contributed by atoms with Crippen LogP contribution in [0.1, 0.15) is 65.1 Å². The average Bonchev–Trinajstić information content (AvgIpc) is 3.42. The third kappa shape index (κ3) is 5.33. The van der Waals surface area contributed by atoms with Crippen LogP contribution in [0.5, 0.6) is 0 Å². The Morgan fingerprint density at radius 3 is 2.50 bits per heavy atom. The number of nitrogens with two attached hydrogens (primary N) is 1. The molecule has 3 heterocycles. The molecule has 3 aromatic rings. The Hall–Kier alpha value is -3.12. The summed E-state index contributed by atoms with van der Waals surface area (Å²) >= 11 is 2.16. The van der Waals surface area contributed by atoms with Crippen LogP contribution in [0.15, 0.2) is 21.9 Å². The number of nitrogens with zero attached hydrogens (tertiary/aromatic N) is 3. The molecule has 0 aromatic carbocycles. The molecule has 182 valence electrons. The minimum atomic E-state index is -0.678. The van der Waals surface area contributed by atoms with Crippen LogP contribution in [0.4, 0.5) is 5.00 Å². The monoisotopic (exact) mass is 505 g/mol. The summed E-state index contributed by atoms with van der Waals surface area (Å²) in [5.74, 6) is -0.288. The molecule has 12 heteroatoms. The number of thiophene rings is 1. The van der Waals surface area contributed by atoms with E-state index in [1.54, 1.807) is 27.0 Å². The number of anilines is 1. The summed E-state index contributed by atoms with van der Waals surface area (Å²) in [5.41, 5.74) is 6.79. The van der Waals surface area contributed by atoms with Crippen LogP contribution in [0.2, 0.25) is 0 Å². The molecular formula is C22H27N5O5S2. The third-order valence-corrected chi connectivity index (χ3v) is 6.95. The Bertz CT molecular complexity index is 1220. The third-order valence-electron chi connectivity index (χ3n) is 4.78. The number of thioether (sulfide) groups is 1. The van der Waals surface area contributed by atoms with E-state index in [1.807, 2.05) is 31.4 Å². The van der Waals surface area contributed by atoms with Crippen LogP contribution in [0.3, 0.4) is 0 Å². The molecule has 0 saturated carbocycles. The van der Waals surface area contributed by atoms with Gasteiger partial charge in [0.1, 0.15) is 10.8 Å². The number of carbonyl (C=O) groups excluding carboxylic acids is 3. The summed E-state index contributed by atoms with van der Waals surface area (Å²) in [6.45, 7) is 10.9. The predicted molar refractivity (Wildman–Crippen MR) is 130 cm³/mol. The fraction of sp³-hybridized carbons (Fsp3) is 0.409. The van der Waals surface area contributed by atoms with Gasteiger partial charge in [0.05, 0.1) is 34.1 Å². The van der Waals surface area contributed by atoms with Crippen LogP contribution >= 0.6 is 23.1 Å².